The molecule has 3 aromatic carbocycles. The third-order valence-electron chi connectivity index (χ3n) is 6.20. The van der Waals surface area contributed by atoms with Gasteiger partial charge in [0, 0.05) is 64.9 Å². The number of nitrogens with zero attached hydrogens (tertiary/aromatic N) is 3. The van der Waals surface area contributed by atoms with E-state index in [0.717, 1.165) is 42.7 Å². The molecule has 11 nitrogen and oxygen atoms in total. The van der Waals surface area contributed by atoms with E-state index in [0.29, 0.717) is 34.6 Å². The first-order chi connectivity index (χ1) is 19.4. The number of hydrogen-bond donors (Lipinski definition) is 4. The summed E-state index contributed by atoms with van der Waals surface area (Å²) in [6, 6.07) is 17.6. The van der Waals surface area contributed by atoms with Gasteiger partial charge in [0.05, 0.1) is 18.9 Å². The molecule has 0 saturated carbocycles. The molecule has 1 aromatic heterocycles. The van der Waals surface area contributed by atoms with Crippen molar-refractivity contribution in [2.75, 3.05) is 50.0 Å². The number of fused-ring (bicyclic) bond motifs is 1. The molecular weight excluding hydrogens is 580 g/mol. The number of carbonyl (C=O) groups is 2. The summed E-state index contributed by atoms with van der Waals surface area (Å²) in [6.45, 7) is 4.48. The minimum absolute atomic E-state index is 0.177. The highest BCUT2D eigenvalue weighted by atomic mass is 79.9. The van der Waals surface area contributed by atoms with Gasteiger partial charge in [-0.15, -0.1) is 0 Å². The fourth-order valence-electron chi connectivity index (χ4n) is 4.33. The Bertz CT molecular complexity index is 1530. The van der Waals surface area contributed by atoms with E-state index in [1.54, 1.807) is 36.5 Å². The smallest absolute Gasteiger partial charge is 0.409 e. The summed E-state index contributed by atoms with van der Waals surface area (Å²) < 4.78 is 12.1. The number of aromatic nitrogens is 2. The SMILES string of the molecule is O=C(O)Nc1ccc(Oc2ccnc(Nc3cc(Br)cc(C(=O)NCCN4CCOCC4)c3)n2)c2ccccc12. The highest BCUT2D eigenvalue weighted by Gasteiger charge is 2.14. The average Bonchev–Trinajstić information content (AvgIpc) is 2.94. The van der Waals surface area contributed by atoms with Crippen LogP contribution in [0.15, 0.2) is 71.3 Å². The maximum absolute atomic E-state index is 12.8. The number of halogens is 1. The number of ether oxygens (including phenoxy) is 2. The van der Waals surface area contributed by atoms with Gasteiger partial charge in [-0.1, -0.05) is 40.2 Å². The maximum atomic E-state index is 12.8. The van der Waals surface area contributed by atoms with Gasteiger partial charge in [0.1, 0.15) is 5.75 Å². The topological polar surface area (TPSA) is 138 Å². The van der Waals surface area contributed by atoms with Crippen LogP contribution in [0.25, 0.3) is 10.8 Å². The van der Waals surface area contributed by atoms with Gasteiger partial charge in [-0.2, -0.15) is 4.98 Å². The first-order valence-corrected chi connectivity index (χ1v) is 13.4. The van der Waals surface area contributed by atoms with Crippen LogP contribution in [0.1, 0.15) is 10.4 Å². The molecule has 12 heteroatoms. The summed E-state index contributed by atoms with van der Waals surface area (Å²) in [6.07, 6.45) is 0.413. The number of anilines is 3. The van der Waals surface area contributed by atoms with Crippen LogP contribution in [0.3, 0.4) is 0 Å². The van der Waals surface area contributed by atoms with Gasteiger partial charge in [-0.05, 0) is 30.3 Å². The van der Waals surface area contributed by atoms with Crippen molar-refractivity contribution in [3.05, 3.63) is 76.9 Å². The molecule has 0 spiro atoms. The summed E-state index contributed by atoms with van der Waals surface area (Å²) in [5.41, 5.74) is 1.57. The van der Waals surface area contributed by atoms with Crippen LogP contribution in [-0.4, -0.2) is 71.4 Å². The van der Waals surface area contributed by atoms with Crippen molar-refractivity contribution in [1.29, 1.82) is 0 Å². The first-order valence-electron chi connectivity index (χ1n) is 12.6. The Hall–Kier alpha value is -4.26. The fourth-order valence-corrected chi connectivity index (χ4v) is 4.83. The van der Waals surface area contributed by atoms with E-state index in [-0.39, 0.29) is 17.7 Å². The van der Waals surface area contributed by atoms with Crippen molar-refractivity contribution >= 4 is 56.0 Å². The molecule has 1 aliphatic heterocycles. The Kier molecular flexibility index (Phi) is 8.69. The second kappa shape index (κ2) is 12.7. The number of hydrogen-bond acceptors (Lipinski definition) is 8. The van der Waals surface area contributed by atoms with Gasteiger partial charge < -0.3 is 25.2 Å². The molecule has 1 aliphatic rings. The number of carbonyl (C=O) groups excluding carboxylic acids is 1. The van der Waals surface area contributed by atoms with Crippen LogP contribution < -0.4 is 20.7 Å². The van der Waals surface area contributed by atoms with Crippen LogP contribution in [0, 0.1) is 0 Å². The highest BCUT2D eigenvalue weighted by Crippen LogP contribution is 2.34. The zero-order chi connectivity index (χ0) is 27.9. The van der Waals surface area contributed by atoms with Crippen molar-refractivity contribution < 1.29 is 24.2 Å². The highest BCUT2D eigenvalue weighted by molar-refractivity contribution is 9.10. The molecular formula is C28H27BrN6O5. The first kappa shape index (κ1) is 27.3. The third-order valence-corrected chi connectivity index (χ3v) is 6.66. The molecule has 2 heterocycles. The molecule has 4 N–H and O–H groups in total. The number of rotatable bonds is 9. The number of morpholine rings is 1. The molecule has 4 aromatic rings. The third kappa shape index (κ3) is 7.03. The zero-order valence-electron chi connectivity index (χ0n) is 21.4. The lowest BCUT2D eigenvalue weighted by Crippen LogP contribution is -2.41. The van der Waals surface area contributed by atoms with E-state index in [2.05, 4.69) is 46.7 Å². The van der Waals surface area contributed by atoms with Gasteiger partial charge in [0.25, 0.3) is 5.91 Å². The van der Waals surface area contributed by atoms with Gasteiger partial charge in [0.2, 0.25) is 11.8 Å². The van der Waals surface area contributed by atoms with Gasteiger partial charge in [-0.3, -0.25) is 15.0 Å². The number of nitrogens with one attached hydrogen (secondary N) is 3. The summed E-state index contributed by atoms with van der Waals surface area (Å²) in [7, 11) is 0. The molecule has 0 unspecified atom stereocenters. The Morgan fingerprint density at radius 1 is 1.05 bits per heavy atom. The van der Waals surface area contributed by atoms with Crippen molar-refractivity contribution in [3.63, 3.8) is 0 Å². The van der Waals surface area contributed by atoms with Gasteiger partial charge >= 0.3 is 6.09 Å². The largest absolute Gasteiger partial charge is 0.465 e. The summed E-state index contributed by atoms with van der Waals surface area (Å²) >= 11 is 3.48. The van der Waals surface area contributed by atoms with Crippen LogP contribution in [0.4, 0.5) is 22.1 Å². The summed E-state index contributed by atoms with van der Waals surface area (Å²) in [5.74, 6) is 0.901. The Morgan fingerprint density at radius 2 is 1.85 bits per heavy atom. The van der Waals surface area contributed by atoms with E-state index in [1.165, 1.54) is 0 Å². The number of benzene rings is 3. The Morgan fingerprint density at radius 3 is 2.65 bits per heavy atom. The molecule has 0 bridgehead atoms. The molecule has 40 heavy (non-hydrogen) atoms. The predicted octanol–water partition coefficient (Wildman–Crippen LogP) is 5.08. The van der Waals surface area contributed by atoms with Crippen molar-refractivity contribution in [2.24, 2.45) is 0 Å². The second-order valence-electron chi connectivity index (χ2n) is 8.97. The molecule has 206 valence electrons. The zero-order valence-corrected chi connectivity index (χ0v) is 23.0. The molecule has 0 radical (unpaired) electrons. The minimum Gasteiger partial charge on any atom is -0.465 e. The normalized spacial score (nSPS) is 13.5. The quantitative estimate of drug-likeness (QED) is 0.205. The van der Waals surface area contributed by atoms with E-state index in [4.69, 9.17) is 14.6 Å². The van der Waals surface area contributed by atoms with Crippen molar-refractivity contribution in [3.8, 4) is 11.6 Å². The minimum atomic E-state index is -1.15. The molecule has 2 amide bonds. The fraction of sp³-hybridized carbons (Fsp3) is 0.214. The molecule has 0 aliphatic carbocycles. The van der Waals surface area contributed by atoms with Crippen LogP contribution >= 0.6 is 15.9 Å². The standard InChI is InChI=1S/C28H27BrN6O5/c29-19-15-18(26(36)30-9-10-35-11-13-39-14-12-35)16-20(17-19)32-27-31-8-7-25(34-27)40-24-6-5-23(33-28(37)38)21-3-1-2-4-22(21)24/h1-8,15-17,33H,9-14H2,(H,30,36)(H,37,38)(H,31,32,34). The van der Waals surface area contributed by atoms with Gasteiger partial charge in [0.15, 0.2) is 0 Å². The van der Waals surface area contributed by atoms with E-state index >= 15 is 0 Å². The predicted molar refractivity (Wildman–Crippen MR) is 155 cm³/mol. The maximum Gasteiger partial charge on any atom is 0.409 e. The molecule has 5 rings (SSSR count). The van der Waals surface area contributed by atoms with Gasteiger partial charge in [-0.25, -0.2) is 9.78 Å². The van der Waals surface area contributed by atoms with E-state index < -0.39 is 6.09 Å². The van der Waals surface area contributed by atoms with E-state index in [1.807, 2.05) is 30.3 Å². The molecule has 1 fully saturated rings. The molecule has 0 atom stereocenters. The van der Waals surface area contributed by atoms with Crippen LogP contribution in [0.2, 0.25) is 0 Å². The molecule has 1 saturated heterocycles. The lowest BCUT2D eigenvalue weighted by Gasteiger charge is -2.26. The Labute approximate surface area is 238 Å². The lowest BCUT2D eigenvalue weighted by atomic mass is 10.1. The summed E-state index contributed by atoms with van der Waals surface area (Å²) in [5, 5.41) is 19.1. The summed E-state index contributed by atoms with van der Waals surface area (Å²) in [4.78, 5) is 35.0. The van der Waals surface area contributed by atoms with Crippen molar-refractivity contribution in [1.82, 2.24) is 20.2 Å². The van der Waals surface area contributed by atoms with Crippen LogP contribution in [0.5, 0.6) is 11.6 Å². The number of carboxylic acid groups (broad SMARTS) is 1. The number of amides is 2. The van der Waals surface area contributed by atoms with Crippen LogP contribution in [-0.2, 0) is 4.74 Å². The Balaban J connectivity index is 1.27. The van der Waals surface area contributed by atoms with Crippen molar-refractivity contribution in [2.45, 2.75) is 0 Å². The average molecular weight is 607 g/mol. The monoisotopic (exact) mass is 606 g/mol. The second-order valence-corrected chi connectivity index (χ2v) is 9.89. The lowest BCUT2D eigenvalue weighted by molar-refractivity contribution is 0.0383. The van der Waals surface area contributed by atoms with E-state index in [9.17, 15) is 9.59 Å².